The Labute approximate surface area is 94.2 Å². The highest BCUT2D eigenvalue weighted by Gasteiger charge is 2.18. The molecule has 0 aliphatic carbocycles. The molecule has 3 heteroatoms. The van der Waals surface area contributed by atoms with E-state index in [9.17, 15) is 9.59 Å². The van der Waals surface area contributed by atoms with Gasteiger partial charge in [0.15, 0.2) is 12.1 Å². The summed E-state index contributed by atoms with van der Waals surface area (Å²) >= 11 is 5.95. The molecule has 0 aliphatic rings. The Morgan fingerprint density at radius 2 is 2.20 bits per heavy atom. The van der Waals surface area contributed by atoms with E-state index in [1.54, 1.807) is 6.07 Å². The minimum Gasteiger partial charge on any atom is -0.298 e. The zero-order valence-electron chi connectivity index (χ0n) is 8.79. The molecular weight excluding hydrogens is 212 g/mol. The number of hydrogen-bond donors (Lipinski definition) is 0. The first kappa shape index (κ1) is 11.9. The second-order valence-corrected chi connectivity index (χ2v) is 3.80. The summed E-state index contributed by atoms with van der Waals surface area (Å²) in [6, 6.07) is 5.42. The predicted octanol–water partition coefficient (Wildman–Crippen LogP) is 2.93. The lowest BCUT2D eigenvalue weighted by atomic mass is 9.97. The van der Waals surface area contributed by atoms with Gasteiger partial charge < -0.3 is 0 Å². The summed E-state index contributed by atoms with van der Waals surface area (Å²) in [4.78, 5) is 22.1. The first-order valence-electron chi connectivity index (χ1n) is 4.83. The minimum atomic E-state index is -0.725. The molecule has 0 fully saturated rings. The molecule has 1 rings (SSSR count). The van der Waals surface area contributed by atoms with Crippen LogP contribution in [0.5, 0.6) is 0 Å². The molecule has 1 atom stereocenters. The summed E-state index contributed by atoms with van der Waals surface area (Å²) in [5.74, 6) is -0.145. The minimum absolute atomic E-state index is 0.145. The summed E-state index contributed by atoms with van der Waals surface area (Å²) in [5.41, 5.74) is 2.09. The van der Waals surface area contributed by atoms with Gasteiger partial charge in [0, 0.05) is 5.56 Å². The smallest absolute Gasteiger partial charge is 0.152 e. The second-order valence-electron chi connectivity index (χ2n) is 3.36. The topological polar surface area (TPSA) is 34.1 Å². The van der Waals surface area contributed by atoms with Crippen LogP contribution in [0.2, 0.25) is 0 Å². The number of benzene rings is 1. The molecule has 0 amide bonds. The normalized spacial score (nSPS) is 12.2. The van der Waals surface area contributed by atoms with Gasteiger partial charge in [-0.15, -0.1) is 11.6 Å². The van der Waals surface area contributed by atoms with E-state index in [1.807, 2.05) is 19.1 Å². The molecule has 0 saturated heterocycles. The zero-order chi connectivity index (χ0) is 11.4. The van der Waals surface area contributed by atoms with Crippen molar-refractivity contribution in [3.05, 3.63) is 34.9 Å². The van der Waals surface area contributed by atoms with Crippen molar-refractivity contribution in [2.45, 2.75) is 25.6 Å². The third-order valence-electron chi connectivity index (χ3n) is 2.36. The van der Waals surface area contributed by atoms with Crippen LogP contribution < -0.4 is 0 Å². The van der Waals surface area contributed by atoms with Crippen molar-refractivity contribution >= 4 is 23.7 Å². The van der Waals surface area contributed by atoms with Crippen LogP contribution in [0.4, 0.5) is 0 Å². The van der Waals surface area contributed by atoms with E-state index in [2.05, 4.69) is 0 Å². The maximum absolute atomic E-state index is 11.2. The summed E-state index contributed by atoms with van der Waals surface area (Å²) in [5, 5.41) is -0.725. The van der Waals surface area contributed by atoms with E-state index in [4.69, 9.17) is 11.6 Å². The van der Waals surface area contributed by atoms with E-state index in [0.29, 0.717) is 11.1 Å². The highest BCUT2D eigenvalue weighted by molar-refractivity contribution is 6.31. The molecule has 2 nitrogen and oxygen atoms in total. The number of aldehydes is 1. The fourth-order valence-corrected chi connectivity index (χ4v) is 1.72. The Kier molecular flexibility index (Phi) is 4.04. The summed E-state index contributed by atoms with van der Waals surface area (Å²) in [6.07, 6.45) is 1.52. The number of alkyl halides is 1. The van der Waals surface area contributed by atoms with Gasteiger partial charge in [0.1, 0.15) is 5.38 Å². The SMILES string of the molecule is CCc1cccc(C(Cl)C(C)=O)c1C=O. The molecule has 0 heterocycles. The van der Waals surface area contributed by atoms with Crippen molar-refractivity contribution in [3.63, 3.8) is 0 Å². The molecule has 1 aromatic rings. The standard InChI is InChI=1S/C12H13ClO2/c1-3-9-5-4-6-10(11(9)7-14)12(13)8(2)15/h4-7,12H,3H2,1-2H3. The molecule has 0 spiro atoms. The Balaban J connectivity index is 3.28. The summed E-state index contributed by atoms with van der Waals surface area (Å²) in [6.45, 7) is 3.38. The van der Waals surface area contributed by atoms with Gasteiger partial charge in [-0.2, -0.15) is 0 Å². The van der Waals surface area contributed by atoms with Crippen LogP contribution in [0.3, 0.4) is 0 Å². The number of halogens is 1. The Hall–Kier alpha value is -1.15. The van der Waals surface area contributed by atoms with Crippen LogP contribution in [0.1, 0.15) is 40.7 Å². The lowest BCUT2D eigenvalue weighted by Crippen LogP contribution is -2.06. The molecule has 0 aliphatic heterocycles. The Bertz CT molecular complexity index is 385. The fraction of sp³-hybridized carbons (Fsp3) is 0.333. The maximum atomic E-state index is 11.2. The van der Waals surface area contributed by atoms with Crippen molar-refractivity contribution in [2.75, 3.05) is 0 Å². The van der Waals surface area contributed by atoms with Crippen LogP contribution >= 0.6 is 11.6 Å². The van der Waals surface area contributed by atoms with Gasteiger partial charge in [0.05, 0.1) is 0 Å². The van der Waals surface area contributed by atoms with Gasteiger partial charge in [0.2, 0.25) is 0 Å². The van der Waals surface area contributed by atoms with E-state index < -0.39 is 5.38 Å². The summed E-state index contributed by atoms with van der Waals surface area (Å²) in [7, 11) is 0. The number of aryl methyl sites for hydroxylation is 1. The molecule has 0 radical (unpaired) electrons. The van der Waals surface area contributed by atoms with Gasteiger partial charge in [0.25, 0.3) is 0 Å². The molecule has 0 bridgehead atoms. The molecule has 0 aromatic heterocycles. The van der Waals surface area contributed by atoms with Crippen molar-refractivity contribution in [1.29, 1.82) is 0 Å². The predicted molar refractivity (Wildman–Crippen MR) is 60.5 cm³/mol. The number of carbonyl (C=O) groups is 2. The second kappa shape index (κ2) is 5.08. The van der Waals surface area contributed by atoms with Crippen LogP contribution in [0, 0.1) is 0 Å². The van der Waals surface area contributed by atoms with E-state index in [0.717, 1.165) is 18.3 Å². The van der Waals surface area contributed by atoms with Gasteiger partial charge in [-0.1, -0.05) is 25.1 Å². The quantitative estimate of drug-likeness (QED) is 0.582. The highest BCUT2D eigenvalue weighted by Crippen LogP contribution is 2.26. The third-order valence-corrected chi connectivity index (χ3v) is 2.90. The Morgan fingerprint density at radius 3 is 2.67 bits per heavy atom. The number of ketones is 1. The summed E-state index contributed by atoms with van der Waals surface area (Å²) < 4.78 is 0. The van der Waals surface area contributed by atoms with Crippen molar-refractivity contribution < 1.29 is 9.59 Å². The first-order chi connectivity index (χ1) is 7.11. The van der Waals surface area contributed by atoms with E-state index in [-0.39, 0.29) is 5.78 Å². The van der Waals surface area contributed by atoms with Crippen molar-refractivity contribution in [3.8, 4) is 0 Å². The average molecular weight is 225 g/mol. The van der Waals surface area contributed by atoms with Crippen LogP contribution in [-0.2, 0) is 11.2 Å². The van der Waals surface area contributed by atoms with E-state index in [1.165, 1.54) is 6.92 Å². The molecule has 1 aromatic carbocycles. The van der Waals surface area contributed by atoms with Crippen LogP contribution in [-0.4, -0.2) is 12.1 Å². The number of Topliss-reactive ketones (excluding diaryl/α,β-unsaturated/α-hetero) is 1. The number of carbonyl (C=O) groups excluding carboxylic acids is 2. The van der Waals surface area contributed by atoms with E-state index >= 15 is 0 Å². The molecular formula is C12H13ClO2. The largest absolute Gasteiger partial charge is 0.298 e. The van der Waals surface area contributed by atoms with Crippen LogP contribution in [0.15, 0.2) is 18.2 Å². The Morgan fingerprint density at radius 1 is 1.53 bits per heavy atom. The average Bonchev–Trinajstić information content (AvgIpc) is 2.26. The molecule has 0 saturated carbocycles. The van der Waals surface area contributed by atoms with Gasteiger partial charge in [-0.3, -0.25) is 9.59 Å². The monoisotopic (exact) mass is 224 g/mol. The third kappa shape index (κ3) is 2.45. The molecule has 1 unspecified atom stereocenters. The zero-order valence-corrected chi connectivity index (χ0v) is 9.54. The number of hydrogen-bond acceptors (Lipinski definition) is 2. The van der Waals surface area contributed by atoms with Gasteiger partial charge >= 0.3 is 0 Å². The lowest BCUT2D eigenvalue weighted by Gasteiger charge is -2.11. The van der Waals surface area contributed by atoms with Crippen molar-refractivity contribution in [1.82, 2.24) is 0 Å². The van der Waals surface area contributed by atoms with Crippen molar-refractivity contribution in [2.24, 2.45) is 0 Å². The maximum Gasteiger partial charge on any atom is 0.152 e. The fourth-order valence-electron chi connectivity index (χ4n) is 1.52. The molecule has 80 valence electrons. The first-order valence-corrected chi connectivity index (χ1v) is 5.27. The highest BCUT2D eigenvalue weighted by atomic mass is 35.5. The lowest BCUT2D eigenvalue weighted by molar-refractivity contribution is -0.116. The molecule has 15 heavy (non-hydrogen) atoms. The van der Waals surface area contributed by atoms with Gasteiger partial charge in [-0.05, 0) is 24.5 Å². The van der Waals surface area contributed by atoms with Gasteiger partial charge in [-0.25, -0.2) is 0 Å². The molecule has 0 N–H and O–H groups in total. The van der Waals surface area contributed by atoms with Crippen LogP contribution in [0.25, 0.3) is 0 Å². The number of rotatable bonds is 4.